The van der Waals surface area contributed by atoms with Crippen LogP contribution in [0.3, 0.4) is 0 Å². The van der Waals surface area contributed by atoms with Crippen LogP contribution >= 0.6 is 27.5 Å². The highest BCUT2D eigenvalue weighted by Gasteiger charge is 2.09. The van der Waals surface area contributed by atoms with Crippen LogP contribution in [0.2, 0.25) is 5.02 Å². The fourth-order valence-electron chi connectivity index (χ4n) is 2.61. The summed E-state index contributed by atoms with van der Waals surface area (Å²) in [6.45, 7) is 7.37. The Bertz CT molecular complexity index is 826. The molecular formula is C21H25BrClN3O3. The number of hydrogen-bond acceptors (Lipinski definition) is 4. The van der Waals surface area contributed by atoms with Gasteiger partial charge in [-0.3, -0.25) is 9.59 Å². The molecule has 0 saturated heterocycles. The summed E-state index contributed by atoms with van der Waals surface area (Å²) in [7, 11) is 0. The maximum Gasteiger partial charge on any atom is 0.262 e. The average molecular weight is 483 g/mol. The predicted molar refractivity (Wildman–Crippen MR) is 120 cm³/mol. The van der Waals surface area contributed by atoms with Gasteiger partial charge in [0.05, 0.1) is 4.47 Å². The monoisotopic (exact) mass is 481 g/mol. The Kier molecular flexibility index (Phi) is 9.44. The normalized spacial score (nSPS) is 10.7. The summed E-state index contributed by atoms with van der Waals surface area (Å²) in [5.41, 5.74) is 1.14. The van der Waals surface area contributed by atoms with Crippen LogP contribution in [0.5, 0.6) is 5.75 Å². The second-order valence-electron chi connectivity index (χ2n) is 6.27. The molecule has 0 radical (unpaired) electrons. The van der Waals surface area contributed by atoms with E-state index < -0.39 is 0 Å². The molecule has 2 aromatic rings. The Morgan fingerprint density at radius 3 is 2.41 bits per heavy atom. The number of benzene rings is 2. The number of hydrogen-bond donors (Lipinski definition) is 2. The number of halogens is 2. The lowest BCUT2D eigenvalue weighted by Crippen LogP contribution is -2.34. The van der Waals surface area contributed by atoms with Crippen molar-refractivity contribution in [3.63, 3.8) is 0 Å². The third kappa shape index (κ3) is 7.68. The first-order valence-corrected chi connectivity index (χ1v) is 10.6. The minimum atomic E-state index is -0.303. The highest BCUT2D eigenvalue weighted by Crippen LogP contribution is 2.27. The van der Waals surface area contributed by atoms with Crippen molar-refractivity contribution in [1.82, 2.24) is 10.2 Å². The smallest absolute Gasteiger partial charge is 0.262 e. The molecule has 0 heterocycles. The van der Waals surface area contributed by atoms with Gasteiger partial charge in [0.25, 0.3) is 11.8 Å². The Hall–Kier alpha value is -2.09. The summed E-state index contributed by atoms with van der Waals surface area (Å²) in [6, 6.07) is 11.8. The highest BCUT2D eigenvalue weighted by molar-refractivity contribution is 9.10. The highest BCUT2D eigenvalue weighted by atomic mass is 79.9. The second-order valence-corrected chi connectivity index (χ2v) is 7.56. The lowest BCUT2D eigenvalue weighted by Gasteiger charge is -2.18. The van der Waals surface area contributed by atoms with E-state index in [4.69, 9.17) is 16.3 Å². The Labute approximate surface area is 184 Å². The molecule has 0 unspecified atom stereocenters. The van der Waals surface area contributed by atoms with Crippen LogP contribution in [-0.2, 0) is 4.79 Å². The number of likely N-dealkylation sites (N-methyl/N-ethyl adjacent to an activating group) is 1. The zero-order valence-electron chi connectivity index (χ0n) is 16.5. The molecule has 0 aliphatic heterocycles. The van der Waals surface area contributed by atoms with Gasteiger partial charge in [0.1, 0.15) is 5.75 Å². The van der Waals surface area contributed by atoms with E-state index in [1.54, 1.807) is 42.5 Å². The van der Waals surface area contributed by atoms with Crippen LogP contribution in [0.25, 0.3) is 0 Å². The molecule has 2 rings (SSSR count). The summed E-state index contributed by atoms with van der Waals surface area (Å²) in [4.78, 5) is 26.5. The molecule has 29 heavy (non-hydrogen) atoms. The number of carbonyl (C=O) groups is 2. The number of amides is 2. The zero-order chi connectivity index (χ0) is 21.2. The molecule has 0 bridgehead atoms. The molecule has 0 atom stereocenters. The van der Waals surface area contributed by atoms with E-state index in [0.29, 0.717) is 33.0 Å². The molecule has 0 aliphatic rings. The molecular weight excluding hydrogens is 458 g/mol. The quantitative estimate of drug-likeness (QED) is 0.533. The van der Waals surface area contributed by atoms with Gasteiger partial charge < -0.3 is 20.3 Å². The summed E-state index contributed by atoms with van der Waals surface area (Å²) < 4.78 is 6.16. The third-order valence-corrected chi connectivity index (χ3v) is 5.15. The van der Waals surface area contributed by atoms with Gasteiger partial charge >= 0.3 is 0 Å². The Balaban J connectivity index is 1.80. The first kappa shape index (κ1) is 23.2. The van der Waals surface area contributed by atoms with Gasteiger partial charge in [-0.05, 0) is 71.5 Å². The molecule has 0 fully saturated rings. The molecule has 2 amide bonds. The largest absolute Gasteiger partial charge is 0.483 e. The van der Waals surface area contributed by atoms with Crippen LogP contribution in [0, 0.1) is 0 Å². The van der Waals surface area contributed by atoms with Crippen LogP contribution < -0.4 is 15.4 Å². The Morgan fingerprint density at radius 2 is 1.79 bits per heavy atom. The molecule has 0 saturated carbocycles. The minimum absolute atomic E-state index is 0.133. The van der Waals surface area contributed by atoms with Crippen molar-refractivity contribution < 1.29 is 14.3 Å². The molecule has 8 heteroatoms. The van der Waals surface area contributed by atoms with Crippen molar-refractivity contribution in [3.8, 4) is 5.75 Å². The van der Waals surface area contributed by atoms with Gasteiger partial charge in [-0.25, -0.2) is 0 Å². The van der Waals surface area contributed by atoms with Gasteiger partial charge in [-0.1, -0.05) is 25.4 Å². The lowest BCUT2D eigenvalue weighted by molar-refractivity contribution is -0.118. The maximum absolute atomic E-state index is 12.2. The van der Waals surface area contributed by atoms with Gasteiger partial charge in [-0.2, -0.15) is 0 Å². The van der Waals surface area contributed by atoms with E-state index in [1.807, 2.05) is 0 Å². The van der Waals surface area contributed by atoms with Crippen molar-refractivity contribution in [2.45, 2.75) is 13.8 Å². The van der Waals surface area contributed by atoms with Crippen molar-refractivity contribution in [2.24, 2.45) is 0 Å². The average Bonchev–Trinajstić information content (AvgIpc) is 2.71. The molecule has 2 aromatic carbocycles. The second kappa shape index (κ2) is 11.8. The number of carbonyl (C=O) groups excluding carboxylic acids is 2. The molecule has 6 nitrogen and oxygen atoms in total. The topological polar surface area (TPSA) is 70.7 Å². The predicted octanol–water partition coefficient (Wildman–Crippen LogP) is 4.19. The first-order valence-electron chi connectivity index (χ1n) is 9.41. The van der Waals surface area contributed by atoms with E-state index >= 15 is 0 Å². The van der Waals surface area contributed by atoms with Crippen LogP contribution in [0.15, 0.2) is 46.9 Å². The number of anilines is 1. The minimum Gasteiger partial charge on any atom is -0.483 e. The Morgan fingerprint density at radius 1 is 1.10 bits per heavy atom. The van der Waals surface area contributed by atoms with E-state index in [2.05, 4.69) is 45.3 Å². The number of ether oxygens (including phenoxy) is 1. The van der Waals surface area contributed by atoms with Gasteiger partial charge in [-0.15, -0.1) is 0 Å². The molecule has 0 aliphatic carbocycles. The third-order valence-electron chi connectivity index (χ3n) is 4.29. The van der Waals surface area contributed by atoms with Crippen LogP contribution in [-0.4, -0.2) is 49.5 Å². The summed E-state index contributed by atoms with van der Waals surface area (Å²) in [5, 5.41) is 6.22. The standard InChI is InChI=1S/C21H25BrClN3O3/c1-3-26(4-2)12-11-24-21(28)15-5-8-17(9-6-15)25-20(27)14-29-19-10-7-16(23)13-18(19)22/h5-10,13H,3-4,11-12,14H2,1-2H3,(H,24,28)(H,25,27). The fourth-order valence-corrected chi connectivity index (χ4v) is 3.40. The van der Waals surface area contributed by atoms with E-state index in [1.165, 1.54) is 0 Å². The van der Waals surface area contributed by atoms with Crippen molar-refractivity contribution in [3.05, 3.63) is 57.5 Å². The summed E-state index contributed by atoms with van der Waals surface area (Å²) in [5.74, 6) is 0.0931. The van der Waals surface area contributed by atoms with Crippen LogP contribution in [0.1, 0.15) is 24.2 Å². The lowest BCUT2D eigenvalue weighted by atomic mass is 10.2. The molecule has 2 N–H and O–H groups in total. The van der Waals surface area contributed by atoms with Crippen molar-refractivity contribution in [1.29, 1.82) is 0 Å². The van der Waals surface area contributed by atoms with Crippen molar-refractivity contribution in [2.75, 3.05) is 38.1 Å². The van der Waals surface area contributed by atoms with Gasteiger partial charge in [0.15, 0.2) is 6.61 Å². The van der Waals surface area contributed by atoms with Crippen molar-refractivity contribution >= 4 is 45.0 Å². The zero-order valence-corrected chi connectivity index (χ0v) is 18.8. The molecule has 156 valence electrons. The van der Waals surface area contributed by atoms with Crippen LogP contribution in [0.4, 0.5) is 5.69 Å². The summed E-state index contributed by atoms with van der Waals surface area (Å²) in [6.07, 6.45) is 0. The maximum atomic E-state index is 12.2. The number of rotatable bonds is 10. The molecule has 0 aromatic heterocycles. The van der Waals surface area contributed by atoms with Gasteiger partial charge in [0.2, 0.25) is 0 Å². The van der Waals surface area contributed by atoms with Gasteiger partial charge in [0, 0.05) is 29.4 Å². The molecule has 0 spiro atoms. The number of nitrogens with zero attached hydrogens (tertiary/aromatic N) is 1. The fraction of sp³-hybridized carbons (Fsp3) is 0.333. The van der Waals surface area contributed by atoms with E-state index in [-0.39, 0.29) is 18.4 Å². The van der Waals surface area contributed by atoms with E-state index in [9.17, 15) is 9.59 Å². The van der Waals surface area contributed by atoms with E-state index in [0.717, 1.165) is 19.6 Å². The summed E-state index contributed by atoms with van der Waals surface area (Å²) >= 11 is 9.22. The SMILES string of the molecule is CCN(CC)CCNC(=O)c1ccc(NC(=O)COc2ccc(Cl)cc2Br)cc1. The number of nitrogens with one attached hydrogen (secondary N) is 2. The first-order chi connectivity index (χ1) is 13.9.